The molecule has 0 saturated heterocycles. The zero-order valence-corrected chi connectivity index (χ0v) is 12.6. The molecule has 0 aliphatic rings. The summed E-state index contributed by atoms with van der Waals surface area (Å²) in [6, 6.07) is 2.76. The normalized spacial score (nSPS) is 10.7. The molecular weight excluding hydrogens is 325 g/mol. The third-order valence-corrected chi connectivity index (χ3v) is 3.14. The van der Waals surface area contributed by atoms with Gasteiger partial charge in [-0.1, -0.05) is 0 Å². The molecule has 0 aliphatic heterocycles. The van der Waals surface area contributed by atoms with Crippen LogP contribution in [0, 0.1) is 24.4 Å². The first-order valence-electron chi connectivity index (χ1n) is 6.76. The summed E-state index contributed by atoms with van der Waals surface area (Å²) in [6.45, 7) is 1.67. The lowest BCUT2D eigenvalue weighted by Gasteiger charge is -2.08. The Morgan fingerprint density at radius 3 is 2.38 bits per heavy atom. The number of ether oxygens (including phenoxy) is 2. The van der Waals surface area contributed by atoms with Gasteiger partial charge in [-0.25, -0.2) is 23.1 Å². The molecule has 1 aromatic carbocycles. The van der Waals surface area contributed by atoms with Crippen LogP contribution in [0.2, 0.25) is 0 Å². The van der Waals surface area contributed by atoms with Gasteiger partial charge in [-0.2, -0.15) is 0 Å². The maximum atomic E-state index is 13.8. The Labute approximate surface area is 134 Å². The van der Waals surface area contributed by atoms with Crippen LogP contribution < -0.4 is 9.47 Å². The molecule has 3 aromatic rings. The van der Waals surface area contributed by atoms with Gasteiger partial charge in [0.2, 0.25) is 5.75 Å². The van der Waals surface area contributed by atoms with Crippen LogP contribution in [-0.2, 0) is 7.05 Å². The molecule has 0 atom stereocenters. The highest BCUT2D eigenvalue weighted by Crippen LogP contribution is 2.36. The molecule has 0 saturated carbocycles. The first kappa shape index (κ1) is 15.8. The average molecular weight is 336 g/mol. The fraction of sp³-hybridized carbons (Fsp3) is 0.133. The first-order chi connectivity index (χ1) is 11.4. The summed E-state index contributed by atoms with van der Waals surface area (Å²) < 4.78 is 51.9. The molecule has 0 amide bonds. The third kappa shape index (κ3) is 3.14. The Kier molecular flexibility index (Phi) is 4.07. The largest absolute Gasteiger partial charge is 0.447 e. The molecule has 124 valence electrons. The van der Waals surface area contributed by atoms with E-state index in [1.165, 1.54) is 4.68 Å². The van der Waals surface area contributed by atoms with Crippen LogP contribution in [0.4, 0.5) is 13.2 Å². The maximum Gasteiger partial charge on any atom is 0.323 e. The lowest BCUT2D eigenvalue weighted by Crippen LogP contribution is -1.95. The van der Waals surface area contributed by atoms with Crippen molar-refractivity contribution in [1.82, 2.24) is 19.7 Å². The second-order valence-electron chi connectivity index (χ2n) is 4.81. The molecule has 2 aromatic heterocycles. The molecule has 2 heterocycles. The van der Waals surface area contributed by atoms with E-state index in [4.69, 9.17) is 9.47 Å². The van der Waals surface area contributed by atoms with Gasteiger partial charge in [0.15, 0.2) is 17.4 Å². The molecule has 0 N–H and O–H groups in total. The van der Waals surface area contributed by atoms with Crippen molar-refractivity contribution in [3.05, 3.63) is 53.7 Å². The number of aryl methyl sites for hydroxylation is 1. The quantitative estimate of drug-likeness (QED) is 0.729. The summed E-state index contributed by atoms with van der Waals surface area (Å²) in [7, 11) is 1.63. The number of hydrogen-bond acceptors (Lipinski definition) is 5. The van der Waals surface area contributed by atoms with Gasteiger partial charge in [0.1, 0.15) is 5.82 Å². The molecule has 0 fully saturated rings. The second-order valence-corrected chi connectivity index (χ2v) is 4.81. The predicted molar refractivity (Wildman–Crippen MR) is 76.4 cm³/mol. The summed E-state index contributed by atoms with van der Waals surface area (Å²) in [6.07, 6.45) is 1.86. The number of aromatic nitrogens is 4. The molecule has 6 nitrogen and oxygen atoms in total. The molecule has 0 aliphatic carbocycles. The van der Waals surface area contributed by atoms with Gasteiger partial charge in [-0.05, 0) is 19.1 Å². The highest BCUT2D eigenvalue weighted by atomic mass is 19.1. The van der Waals surface area contributed by atoms with E-state index in [9.17, 15) is 13.2 Å². The van der Waals surface area contributed by atoms with E-state index in [-0.39, 0.29) is 23.4 Å². The van der Waals surface area contributed by atoms with E-state index in [2.05, 4.69) is 15.1 Å². The number of rotatable bonds is 4. The van der Waals surface area contributed by atoms with Crippen molar-refractivity contribution < 1.29 is 22.6 Å². The van der Waals surface area contributed by atoms with E-state index < -0.39 is 17.5 Å². The maximum absolute atomic E-state index is 13.8. The summed E-state index contributed by atoms with van der Waals surface area (Å²) >= 11 is 0. The molecule has 0 bridgehead atoms. The van der Waals surface area contributed by atoms with Crippen LogP contribution in [0.1, 0.15) is 5.69 Å². The fourth-order valence-electron chi connectivity index (χ4n) is 1.85. The minimum Gasteiger partial charge on any atom is -0.447 e. The van der Waals surface area contributed by atoms with Crippen molar-refractivity contribution in [2.75, 3.05) is 0 Å². The van der Waals surface area contributed by atoms with Crippen LogP contribution >= 0.6 is 0 Å². The van der Waals surface area contributed by atoms with Crippen molar-refractivity contribution in [2.24, 2.45) is 7.05 Å². The number of benzene rings is 1. The highest BCUT2D eigenvalue weighted by Gasteiger charge is 2.20. The van der Waals surface area contributed by atoms with E-state index in [1.807, 2.05) is 0 Å². The topological polar surface area (TPSA) is 62.1 Å². The zero-order valence-electron chi connectivity index (χ0n) is 12.6. The monoisotopic (exact) mass is 336 g/mol. The van der Waals surface area contributed by atoms with Crippen LogP contribution in [0.25, 0.3) is 0 Å². The Morgan fingerprint density at radius 2 is 1.71 bits per heavy atom. The van der Waals surface area contributed by atoms with Gasteiger partial charge >= 0.3 is 6.01 Å². The van der Waals surface area contributed by atoms with Crippen LogP contribution in [0.3, 0.4) is 0 Å². The van der Waals surface area contributed by atoms with Crippen molar-refractivity contribution in [1.29, 1.82) is 0 Å². The lowest BCUT2D eigenvalue weighted by atomic mass is 10.3. The SMILES string of the molecule is Cc1c(Oc2ccc(F)cc2F)c(Oc2ncc(F)cn2)nn1C. The van der Waals surface area contributed by atoms with Crippen molar-refractivity contribution in [3.63, 3.8) is 0 Å². The molecule has 0 spiro atoms. The van der Waals surface area contributed by atoms with Gasteiger partial charge in [0.25, 0.3) is 5.88 Å². The zero-order chi connectivity index (χ0) is 17.3. The van der Waals surface area contributed by atoms with E-state index in [0.717, 1.165) is 24.5 Å². The van der Waals surface area contributed by atoms with E-state index >= 15 is 0 Å². The molecular formula is C15H11F3N4O2. The Morgan fingerprint density at radius 1 is 1.00 bits per heavy atom. The summed E-state index contributed by atoms with van der Waals surface area (Å²) in [5.74, 6) is -2.34. The van der Waals surface area contributed by atoms with Crippen molar-refractivity contribution in [2.45, 2.75) is 6.92 Å². The fourth-order valence-corrected chi connectivity index (χ4v) is 1.85. The third-order valence-electron chi connectivity index (χ3n) is 3.14. The minimum atomic E-state index is -0.873. The predicted octanol–water partition coefficient (Wildman–Crippen LogP) is 3.52. The molecule has 9 heteroatoms. The molecule has 0 radical (unpaired) electrons. The molecule has 0 unspecified atom stereocenters. The first-order valence-corrected chi connectivity index (χ1v) is 6.76. The van der Waals surface area contributed by atoms with Crippen LogP contribution in [0.15, 0.2) is 30.6 Å². The van der Waals surface area contributed by atoms with Gasteiger partial charge in [0, 0.05) is 13.1 Å². The van der Waals surface area contributed by atoms with Crippen molar-refractivity contribution >= 4 is 0 Å². The Bertz CT molecular complexity index is 881. The highest BCUT2D eigenvalue weighted by molar-refractivity contribution is 5.43. The standard InChI is InChI=1S/C15H11F3N4O2/c1-8-13(23-12-4-3-9(16)5-11(12)18)14(21-22(8)2)24-15-19-6-10(17)7-20-15/h3-7H,1-2H3. The van der Waals surface area contributed by atoms with Gasteiger partial charge in [0.05, 0.1) is 18.1 Å². The minimum absolute atomic E-state index is 0.0367. The van der Waals surface area contributed by atoms with Crippen molar-refractivity contribution in [3.8, 4) is 23.4 Å². The van der Waals surface area contributed by atoms with Gasteiger partial charge in [-0.15, -0.1) is 5.10 Å². The smallest absolute Gasteiger partial charge is 0.323 e. The Balaban J connectivity index is 1.93. The Hall–Kier alpha value is -3.10. The molecule has 24 heavy (non-hydrogen) atoms. The van der Waals surface area contributed by atoms with E-state index in [0.29, 0.717) is 11.8 Å². The van der Waals surface area contributed by atoms with Gasteiger partial charge in [-0.3, -0.25) is 4.68 Å². The molecule has 3 rings (SSSR count). The number of nitrogens with zero attached hydrogens (tertiary/aromatic N) is 4. The number of halogens is 3. The van der Waals surface area contributed by atoms with Gasteiger partial charge < -0.3 is 9.47 Å². The summed E-state index contributed by atoms with van der Waals surface area (Å²) in [5, 5.41) is 4.07. The van der Waals surface area contributed by atoms with Crippen LogP contribution in [0.5, 0.6) is 23.4 Å². The lowest BCUT2D eigenvalue weighted by molar-refractivity contribution is 0.375. The van der Waals surface area contributed by atoms with E-state index in [1.54, 1.807) is 14.0 Å². The summed E-state index contributed by atoms with van der Waals surface area (Å²) in [5.41, 5.74) is 0.524. The number of hydrogen-bond donors (Lipinski definition) is 0. The second kappa shape index (κ2) is 6.19. The van der Waals surface area contributed by atoms with Crippen LogP contribution in [-0.4, -0.2) is 19.7 Å². The average Bonchev–Trinajstić information content (AvgIpc) is 2.79. The summed E-state index contributed by atoms with van der Waals surface area (Å²) in [4.78, 5) is 7.31.